The Kier molecular flexibility index (Phi) is 5.54. The Morgan fingerprint density at radius 1 is 1.09 bits per heavy atom. The standard InChI is InChI=1S/C27H28FN3O4/c1-27(2,13-24(32)35-3)16-31-25(33)22-12-20-19-6-4-5-7-21(19)29(23(20)15-30(22)26(31)34)14-17-8-10-18(28)11-9-17/h4-11,33H,12-16H2,1-3H3. The predicted molar refractivity (Wildman–Crippen MR) is 130 cm³/mol. The molecule has 182 valence electrons. The number of hydrogen-bond donors (Lipinski definition) is 1. The van der Waals surface area contributed by atoms with E-state index in [0.717, 1.165) is 27.7 Å². The van der Waals surface area contributed by atoms with E-state index in [0.29, 0.717) is 25.2 Å². The lowest BCUT2D eigenvalue weighted by molar-refractivity contribution is -0.143. The van der Waals surface area contributed by atoms with Crippen LogP contribution in [0.2, 0.25) is 0 Å². The highest BCUT2D eigenvalue weighted by molar-refractivity contribution is 5.86. The lowest BCUT2D eigenvalue weighted by Gasteiger charge is -2.23. The highest BCUT2D eigenvalue weighted by Gasteiger charge is 2.32. The van der Waals surface area contributed by atoms with Gasteiger partial charge in [-0.25, -0.2) is 9.18 Å². The molecule has 0 saturated carbocycles. The molecule has 1 N–H and O–H groups in total. The van der Waals surface area contributed by atoms with Crippen LogP contribution in [0.15, 0.2) is 53.3 Å². The number of methoxy groups -OCH3 is 1. The Balaban J connectivity index is 1.56. The topological polar surface area (TPSA) is 78.4 Å². The summed E-state index contributed by atoms with van der Waals surface area (Å²) in [4.78, 5) is 25.2. The van der Waals surface area contributed by atoms with E-state index >= 15 is 0 Å². The molecule has 1 aliphatic heterocycles. The summed E-state index contributed by atoms with van der Waals surface area (Å²) in [6.07, 6.45) is 0.543. The van der Waals surface area contributed by atoms with Gasteiger partial charge in [0, 0.05) is 36.1 Å². The first kappa shape index (κ1) is 23.0. The highest BCUT2D eigenvalue weighted by Crippen LogP contribution is 2.36. The summed E-state index contributed by atoms with van der Waals surface area (Å²) < 4.78 is 23.4. The van der Waals surface area contributed by atoms with Gasteiger partial charge < -0.3 is 14.4 Å². The Morgan fingerprint density at radius 2 is 1.80 bits per heavy atom. The van der Waals surface area contributed by atoms with Gasteiger partial charge in [-0.05, 0) is 34.7 Å². The number of esters is 1. The first-order chi connectivity index (χ1) is 16.7. The number of nitrogens with zero attached hydrogens (tertiary/aromatic N) is 3. The molecule has 3 heterocycles. The monoisotopic (exact) mass is 477 g/mol. The number of imidazole rings is 1. The van der Waals surface area contributed by atoms with Crippen LogP contribution in [0.25, 0.3) is 10.9 Å². The van der Waals surface area contributed by atoms with Gasteiger partial charge >= 0.3 is 11.7 Å². The molecule has 0 bridgehead atoms. The predicted octanol–water partition coefficient (Wildman–Crippen LogP) is 4.04. The Bertz CT molecular complexity index is 1490. The van der Waals surface area contributed by atoms with Crippen molar-refractivity contribution < 1.29 is 19.0 Å². The number of rotatable bonds is 6. The van der Waals surface area contributed by atoms with Crippen LogP contribution in [0, 0.1) is 11.2 Å². The molecule has 2 aromatic carbocycles. The number of hydrogen-bond acceptors (Lipinski definition) is 4. The first-order valence-electron chi connectivity index (χ1n) is 11.6. The maximum absolute atomic E-state index is 13.5. The van der Waals surface area contributed by atoms with Gasteiger partial charge in [0.25, 0.3) is 0 Å². The largest absolute Gasteiger partial charge is 0.493 e. The SMILES string of the molecule is COC(=O)CC(C)(C)Cn1c(O)c2n(c1=O)Cc1c(c3ccccc3n1Cc1ccc(F)cc1)C2. The Labute approximate surface area is 202 Å². The molecule has 0 saturated heterocycles. The second-order valence-corrected chi connectivity index (χ2v) is 9.97. The van der Waals surface area contributed by atoms with Crippen molar-refractivity contribution in [2.75, 3.05) is 7.11 Å². The first-order valence-corrected chi connectivity index (χ1v) is 11.6. The van der Waals surface area contributed by atoms with Crippen LogP contribution in [-0.4, -0.2) is 31.9 Å². The van der Waals surface area contributed by atoms with Crippen LogP contribution < -0.4 is 5.69 Å². The van der Waals surface area contributed by atoms with Gasteiger partial charge in [0.05, 0.1) is 25.8 Å². The van der Waals surface area contributed by atoms with E-state index in [1.165, 1.54) is 23.8 Å². The van der Waals surface area contributed by atoms with Crippen molar-refractivity contribution >= 4 is 16.9 Å². The molecule has 0 radical (unpaired) electrons. The summed E-state index contributed by atoms with van der Waals surface area (Å²) in [5.74, 6) is -0.703. The molecule has 2 aromatic heterocycles. The molecule has 35 heavy (non-hydrogen) atoms. The zero-order chi connectivity index (χ0) is 24.9. The molecule has 0 atom stereocenters. The normalized spacial score (nSPS) is 13.0. The summed E-state index contributed by atoms with van der Waals surface area (Å²) in [5.41, 5.74) is 3.74. The molecule has 1 aliphatic rings. The van der Waals surface area contributed by atoms with E-state index in [4.69, 9.17) is 4.74 Å². The second kappa shape index (κ2) is 8.45. The molecule has 0 aliphatic carbocycles. The van der Waals surface area contributed by atoms with Gasteiger partial charge in [0.1, 0.15) is 5.82 Å². The number of ether oxygens (including phenoxy) is 1. The average molecular weight is 478 g/mol. The van der Waals surface area contributed by atoms with E-state index in [1.807, 2.05) is 32.0 Å². The summed E-state index contributed by atoms with van der Waals surface area (Å²) >= 11 is 0. The molecule has 5 rings (SSSR count). The third kappa shape index (κ3) is 4.03. The maximum Gasteiger partial charge on any atom is 0.331 e. The van der Waals surface area contributed by atoms with Gasteiger partial charge in [-0.2, -0.15) is 0 Å². The summed E-state index contributed by atoms with van der Waals surface area (Å²) in [6, 6.07) is 14.5. The van der Waals surface area contributed by atoms with Crippen LogP contribution in [0.1, 0.15) is 42.8 Å². The molecule has 7 nitrogen and oxygen atoms in total. The molecule has 4 aromatic rings. The van der Waals surface area contributed by atoms with Gasteiger partial charge in [-0.1, -0.05) is 44.2 Å². The quantitative estimate of drug-likeness (QED) is 0.375. The smallest absolute Gasteiger partial charge is 0.331 e. The average Bonchev–Trinajstić information content (AvgIpc) is 3.25. The molecule has 0 spiro atoms. The number of fused-ring (bicyclic) bond motifs is 4. The van der Waals surface area contributed by atoms with Crippen LogP contribution >= 0.6 is 0 Å². The number of aromatic hydroxyl groups is 1. The molecule has 8 heteroatoms. The Morgan fingerprint density at radius 3 is 2.51 bits per heavy atom. The van der Waals surface area contributed by atoms with Crippen molar-refractivity contribution in [3.05, 3.63) is 87.3 Å². The summed E-state index contributed by atoms with van der Waals surface area (Å²) in [6.45, 7) is 4.78. The number of aromatic nitrogens is 3. The number of para-hydroxylation sites is 1. The Hall–Kier alpha value is -3.81. The number of benzene rings is 2. The highest BCUT2D eigenvalue weighted by atomic mass is 19.1. The third-order valence-electron chi connectivity index (χ3n) is 6.84. The van der Waals surface area contributed by atoms with E-state index in [9.17, 15) is 19.1 Å². The van der Waals surface area contributed by atoms with Crippen molar-refractivity contribution in [3.8, 4) is 5.88 Å². The molecular formula is C27H28FN3O4. The van der Waals surface area contributed by atoms with Gasteiger partial charge in [-0.3, -0.25) is 13.9 Å². The van der Waals surface area contributed by atoms with Crippen LogP contribution in [0.5, 0.6) is 5.88 Å². The van der Waals surface area contributed by atoms with Crippen molar-refractivity contribution in [1.29, 1.82) is 0 Å². The van der Waals surface area contributed by atoms with Gasteiger partial charge in [-0.15, -0.1) is 0 Å². The van der Waals surface area contributed by atoms with Crippen LogP contribution in [0.4, 0.5) is 4.39 Å². The van der Waals surface area contributed by atoms with Crippen LogP contribution in [0.3, 0.4) is 0 Å². The van der Waals surface area contributed by atoms with Crippen molar-refractivity contribution in [3.63, 3.8) is 0 Å². The van der Waals surface area contributed by atoms with E-state index < -0.39 is 5.41 Å². The zero-order valence-corrected chi connectivity index (χ0v) is 20.0. The van der Waals surface area contributed by atoms with E-state index in [-0.39, 0.29) is 36.3 Å². The lowest BCUT2D eigenvalue weighted by atomic mass is 9.89. The van der Waals surface area contributed by atoms with Crippen molar-refractivity contribution in [1.82, 2.24) is 13.7 Å². The summed E-state index contributed by atoms with van der Waals surface area (Å²) in [5, 5.41) is 12.1. The van der Waals surface area contributed by atoms with Crippen LogP contribution in [-0.2, 0) is 35.6 Å². The molecule has 0 fully saturated rings. The molecule has 0 unspecified atom stereocenters. The number of carbonyl (C=O) groups is 1. The fourth-order valence-corrected chi connectivity index (χ4v) is 5.13. The lowest BCUT2D eigenvalue weighted by Crippen LogP contribution is -2.33. The zero-order valence-electron chi connectivity index (χ0n) is 20.0. The summed E-state index contributed by atoms with van der Waals surface area (Å²) in [7, 11) is 1.34. The fourth-order valence-electron chi connectivity index (χ4n) is 5.13. The van der Waals surface area contributed by atoms with Gasteiger partial charge in [0.2, 0.25) is 5.88 Å². The van der Waals surface area contributed by atoms with E-state index in [2.05, 4.69) is 10.6 Å². The van der Waals surface area contributed by atoms with E-state index in [1.54, 1.807) is 16.7 Å². The second-order valence-electron chi connectivity index (χ2n) is 9.97. The number of carbonyl (C=O) groups excluding carboxylic acids is 1. The number of halogens is 1. The van der Waals surface area contributed by atoms with Crippen molar-refractivity contribution in [2.45, 2.75) is 46.3 Å². The fraction of sp³-hybridized carbons (Fsp3) is 0.333. The molecule has 0 amide bonds. The minimum Gasteiger partial charge on any atom is -0.493 e. The molecular weight excluding hydrogens is 449 g/mol. The third-order valence-corrected chi connectivity index (χ3v) is 6.84. The minimum atomic E-state index is -0.580. The van der Waals surface area contributed by atoms with Gasteiger partial charge in [0.15, 0.2) is 0 Å². The van der Waals surface area contributed by atoms with Crippen molar-refractivity contribution in [2.24, 2.45) is 5.41 Å². The minimum absolute atomic E-state index is 0.0612. The maximum atomic E-state index is 13.5.